The summed E-state index contributed by atoms with van der Waals surface area (Å²) < 4.78 is 0. The summed E-state index contributed by atoms with van der Waals surface area (Å²) in [5, 5.41) is 2.15. The Morgan fingerprint density at radius 2 is 1.59 bits per heavy atom. The first-order chi connectivity index (χ1) is 8.22. The van der Waals surface area contributed by atoms with Gasteiger partial charge in [-0.1, -0.05) is 0 Å². The van der Waals surface area contributed by atoms with Gasteiger partial charge < -0.3 is 0 Å². The molecule has 0 aromatic carbocycles. The molecule has 1 aliphatic heterocycles. The molecule has 0 aromatic heterocycles. The van der Waals surface area contributed by atoms with Crippen LogP contribution in [-0.2, 0) is 0 Å². The highest BCUT2D eigenvalue weighted by Crippen LogP contribution is 2.62. The number of nitrogens with two attached hydrogens (primary N) is 1. The molecule has 4 saturated carbocycles. The van der Waals surface area contributed by atoms with Crippen LogP contribution in [0.2, 0.25) is 0 Å². The highest BCUT2D eigenvalue weighted by molar-refractivity contribution is 5.03. The summed E-state index contributed by atoms with van der Waals surface area (Å²) in [6.07, 6.45) is 13.4. The summed E-state index contributed by atoms with van der Waals surface area (Å²) in [6.45, 7) is 1.14. The Labute approximate surface area is 105 Å². The van der Waals surface area contributed by atoms with Gasteiger partial charge in [-0.15, -0.1) is 0 Å². The van der Waals surface area contributed by atoms with Gasteiger partial charge >= 0.3 is 0 Å². The summed E-state index contributed by atoms with van der Waals surface area (Å²) in [6, 6.07) is 0.714. The van der Waals surface area contributed by atoms with E-state index in [2.05, 4.69) is 5.01 Å². The zero-order chi connectivity index (χ0) is 11.5. The number of hydrogen-bond acceptors (Lipinski definition) is 2. The molecular formula is C15H26N2. The first-order valence-corrected chi connectivity index (χ1v) is 7.74. The third kappa shape index (κ3) is 1.76. The van der Waals surface area contributed by atoms with Gasteiger partial charge in [-0.25, -0.2) is 5.01 Å². The molecule has 17 heavy (non-hydrogen) atoms. The van der Waals surface area contributed by atoms with Crippen LogP contribution in [0, 0.1) is 23.2 Å². The Kier molecular flexibility index (Phi) is 2.36. The second-order valence-corrected chi connectivity index (χ2v) is 7.66. The van der Waals surface area contributed by atoms with Crippen LogP contribution in [-0.4, -0.2) is 17.6 Å². The molecule has 1 unspecified atom stereocenters. The summed E-state index contributed by atoms with van der Waals surface area (Å²) in [5.74, 6) is 9.42. The monoisotopic (exact) mass is 234 g/mol. The lowest BCUT2D eigenvalue weighted by Gasteiger charge is -2.57. The molecule has 4 bridgehead atoms. The lowest BCUT2D eigenvalue weighted by Crippen LogP contribution is -2.49. The Hall–Kier alpha value is -0.0800. The third-order valence-electron chi connectivity index (χ3n) is 6.26. The largest absolute Gasteiger partial charge is 0.269 e. The van der Waals surface area contributed by atoms with Crippen molar-refractivity contribution in [3.8, 4) is 0 Å². The Bertz CT molecular complexity index is 277. The molecule has 1 atom stereocenters. The number of rotatable bonds is 2. The Morgan fingerprint density at radius 3 is 2.06 bits per heavy atom. The quantitative estimate of drug-likeness (QED) is 0.744. The molecule has 2 heteroatoms. The first kappa shape index (κ1) is 10.8. The fourth-order valence-electron chi connectivity index (χ4n) is 6.12. The molecule has 96 valence electrons. The molecular weight excluding hydrogens is 208 g/mol. The number of hydrogen-bond donors (Lipinski definition) is 1. The predicted molar refractivity (Wildman–Crippen MR) is 69.1 cm³/mol. The van der Waals surface area contributed by atoms with Crippen molar-refractivity contribution in [2.24, 2.45) is 29.0 Å². The molecule has 0 aromatic rings. The van der Waals surface area contributed by atoms with Crippen molar-refractivity contribution in [1.29, 1.82) is 0 Å². The van der Waals surface area contributed by atoms with Gasteiger partial charge in [0.25, 0.3) is 0 Å². The van der Waals surface area contributed by atoms with Crippen molar-refractivity contribution in [2.45, 2.75) is 63.8 Å². The number of hydrazine groups is 1. The minimum Gasteiger partial charge on any atom is -0.269 e. The zero-order valence-electron chi connectivity index (χ0n) is 10.9. The molecule has 1 saturated heterocycles. The van der Waals surface area contributed by atoms with Gasteiger partial charge in [-0.3, -0.25) is 5.84 Å². The van der Waals surface area contributed by atoms with Crippen LogP contribution in [0.15, 0.2) is 0 Å². The second-order valence-electron chi connectivity index (χ2n) is 7.66. The first-order valence-electron chi connectivity index (χ1n) is 7.74. The van der Waals surface area contributed by atoms with Crippen LogP contribution in [0.25, 0.3) is 0 Å². The van der Waals surface area contributed by atoms with Crippen molar-refractivity contribution in [3.63, 3.8) is 0 Å². The van der Waals surface area contributed by atoms with Gasteiger partial charge in [0.05, 0.1) is 0 Å². The van der Waals surface area contributed by atoms with E-state index in [1.54, 1.807) is 38.5 Å². The van der Waals surface area contributed by atoms with Gasteiger partial charge in [-0.05, 0) is 81.0 Å². The maximum Gasteiger partial charge on any atom is 0.0246 e. The summed E-state index contributed by atoms with van der Waals surface area (Å²) in [7, 11) is 0. The van der Waals surface area contributed by atoms with Crippen molar-refractivity contribution < 1.29 is 0 Å². The maximum atomic E-state index is 6.14. The SMILES string of the molecule is NN1CCCC1CC12CC3CC(CC(C3)C1)C2. The molecule has 5 rings (SSSR count). The fraction of sp³-hybridized carbons (Fsp3) is 1.00. The molecule has 1 heterocycles. The van der Waals surface area contributed by atoms with E-state index in [-0.39, 0.29) is 0 Å². The van der Waals surface area contributed by atoms with Crippen molar-refractivity contribution >= 4 is 0 Å². The van der Waals surface area contributed by atoms with Crippen LogP contribution in [0.5, 0.6) is 0 Å². The van der Waals surface area contributed by atoms with Crippen LogP contribution in [0.3, 0.4) is 0 Å². The molecule has 0 radical (unpaired) electrons. The summed E-state index contributed by atoms with van der Waals surface area (Å²) >= 11 is 0. The van der Waals surface area contributed by atoms with E-state index in [0.717, 1.165) is 29.7 Å². The molecule has 2 nitrogen and oxygen atoms in total. The van der Waals surface area contributed by atoms with E-state index in [1.165, 1.54) is 19.3 Å². The molecule has 4 aliphatic carbocycles. The van der Waals surface area contributed by atoms with Gasteiger partial charge in [-0.2, -0.15) is 0 Å². The average molecular weight is 234 g/mol. The summed E-state index contributed by atoms with van der Waals surface area (Å²) in [4.78, 5) is 0. The Morgan fingerprint density at radius 1 is 1.00 bits per heavy atom. The number of nitrogens with zero attached hydrogens (tertiary/aromatic N) is 1. The minimum atomic E-state index is 0.714. The fourth-order valence-corrected chi connectivity index (χ4v) is 6.12. The Balaban J connectivity index is 1.52. The van der Waals surface area contributed by atoms with Crippen LogP contribution in [0.1, 0.15) is 57.8 Å². The van der Waals surface area contributed by atoms with Gasteiger partial charge in [0.1, 0.15) is 0 Å². The van der Waals surface area contributed by atoms with Gasteiger partial charge in [0.15, 0.2) is 0 Å². The predicted octanol–water partition coefficient (Wildman–Crippen LogP) is 2.93. The normalized spacial score (nSPS) is 53.5. The maximum absolute atomic E-state index is 6.14. The zero-order valence-corrected chi connectivity index (χ0v) is 10.9. The summed E-state index contributed by atoms with van der Waals surface area (Å²) in [5.41, 5.74) is 0.724. The van der Waals surface area contributed by atoms with Crippen LogP contribution in [0.4, 0.5) is 0 Å². The standard InChI is InChI=1S/C15H26N2/c16-17-3-1-2-14(17)10-15-7-11-4-12(8-15)6-13(5-11)9-15/h11-14H,1-10,16H2. The lowest BCUT2D eigenvalue weighted by atomic mass is 9.48. The smallest absolute Gasteiger partial charge is 0.0246 e. The van der Waals surface area contributed by atoms with E-state index in [0.29, 0.717) is 6.04 Å². The van der Waals surface area contributed by atoms with Crippen molar-refractivity contribution in [3.05, 3.63) is 0 Å². The van der Waals surface area contributed by atoms with E-state index >= 15 is 0 Å². The molecule has 2 N–H and O–H groups in total. The second kappa shape index (κ2) is 3.71. The highest BCUT2D eigenvalue weighted by atomic mass is 15.4. The molecule has 5 aliphatic rings. The van der Waals surface area contributed by atoms with Crippen molar-refractivity contribution in [2.75, 3.05) is 6.54 Å². The lowest BCUT2D eigenvalue weighted by molar-refractivity contribution is -0.0673. The van der Waals surface area contributed by atoms with Gasteiger partial charge in [0.2, 0.25) is 0 Å². The van der Waals surface area contributed by atoms with E-state index in [4.69, 9.17) is 5.84 Å². The van der Waals surface area contributed by atoms with Crippen molar-refractivity contribution in [1.82, 2.24) is 5.01 Å². The van der Waals surface area contributed by atoms with Crippen LogP contribution >= 0.6 is 0 Å². The molecule has 0 amide bonds. The van der Waals surface area contributed by atoms with Crippen LogP contribution < -0.4 is 5.84 Å². The third-order valence-corrected chi connectivity index (χ3v) is 6.26. The van der Waals surface area contributed by atoms with E-state index in [9.17, 15) is 0 Å². The average Bonchev–Trinajstić information content (AvgIpc) is 2.61. The topological polar surface area (TPSA) is 29.3 Å². The minimum absolute atomic E-state index is 0.714. The van der Waals surface area contributed by atoms with E-state index < -0.39 is 0 Å². The molecule has 5 fully saturated rings. The van der Waals surface area contributed by atoms with Gasteiger partial charge in [0, 0.05) is 12.6 Å². The van der Waals surface area contributed by atoms with E-state index in [1.807, 2.05) is 0 Å². The molecule has 0 spiro atoms. The highest BCUT2D eigenvalue weighted by Gasteiger charge is 2.51.